The van der Waals surface area contributed by atoms with Crippen LogP contribution in [0.15, 0.2) is 0 Å². The molecular weight excluding hydrogens is 188 g/mol. The van der Waals surface area contributed by atoms with E-state index in [1.807, 2.05) is 0 Å². The summed E-state index contributed by atoms with van der Waals surface area (Å²) in [6.07, 6.45) is 4.06. The number of rotatable bonds is 1. The minimum atomic E-state index is 0.0462. The van der Waals surface area contributed by atoms with E-state index in [-0.39, 0.29) is 5.60 Å². The maximum atomic E-state index is 5.76. The molecule has 0 aromatic carbocycles. The van der Waals surface area contributed by atoms with Crippen LogP contribution in [-0.4, -0.2) is 49.3 Å². The van der Waals surface area contributed by atoms with E-state index in [1.54, 1.807) is 0 Å². The van der Waals surface area contributed by atoms with Gasteiger partial charge in [-0.25, -0.2) is 0 Å². The quantitative estimate of drug-likeness (QED) is 0.708. The average Bonchev–Trinajstić information content (AvgIpc) is 2.44. The molecule has 0 amide bonds. The van der Waals surface area contributed by atoms with Gasteiger partial charge in [-0.05, 0) is 33.2 Å². The third-order valence-corrected chi connectivity index (χ3v) is 3.49. The van der Waals surface area contributed by atoms with Crippen LogP contribution in [0, 0.1) is 0 Å². The first-order valence-electron chi connectivity index (χ1n) is 6.26. The molecule has 0 saturated carbocycles. The Labute approximate surface area is 93.2 Å². The van der Waals surface area contributed by atoms with Crippen LogP contribution >= 0.6 is 0 Å². The number of hydrogen-bond donors (Lipinski definition) is 1. The molecule has 88 valence electrons. The number of ether oxygens (including phenoxy) is 1. The molecule has 0 aromatic rings. The Morgan fingerprint density at radius 2 is 2.20 bits per heavy atom. The first kappa shape index (κ1) is 11.4. The average molecular weight is 212 g/mol. The van der Waals surface area contributed by atoms with Gasteiger partial charge in [0.15, 0.2) is 0 Å². The van der Waals surface area contributed by atoms with E-state index in [0.717, 1.165) is 32.3 Å². The van der Waals surface area contributed by atoms with Crippen molar-refractivity contribution < 1.29 is 4.74 Å². The largest absolute Gasteiger partial charge is 0.373 e. The van der Waals surface area contributed by atoms with Crippen molar-refractivity contribution in [3.63, 3.8) is 0 Å². The summed E-state index contributed by atoms with van der Waals surface area (Å²) in [6.45, 7) is 9.84. The van der Waals surface area contributed by atoms with Gasteiger partial charge in [-0.3, -0.25) is 4.90 Å². The van der Waals surface area contributed by atoms with Gasteiger partial charge >= 0.3 is 0 Å². The summed E-state index contributed by atoms with van der Waals surface area (Å²) in [5.41, 5.74) is 0.0462. The molecule has 2 fully saturated rings. The molecule has 3 heteroatoms. The molecule has 0 aliphatic carbocycles. The first-order valence-corrected chi connectivity index (χ1v) is 6.26. The van der Waals surface area contributed by atoms with Crippen LogP contribution in [0.5, 0.6) is 0 Å². The maximum absolute atomic E-state index is 5.76. The smallest absolute Gasteiger partial charge is 0.0753 e. The zero-order valence-corrected chi connectivity index (χ0v) is 10.1. The molecule has 1 unspecified atom stereocenters. The van der Waals surface area contributed by atoms with Crippen molar-refractivity contribution in [3.05, 3.63) is 0 Å². The minimum absolute atomic E-state index is 0.0462. The molecule has 0 radical (unpaired) electrons. The first-order chi connectivity index (χ1) is 7.17. The lowest BCUT2D eigenvalue weighted by Crippen LogP contribution is -2.54. The molecule has 0 spiro atoms. The van der Waals surface area contributed by atoms with E-state index in [2.05, 4.69) is 24.1 Å². The van der Waals surface area contributed by atoms with Crippen molar-refractivity contribution in [3.8, 4) is 0 Å². The van der Waals surface area contributed by atoms with Gasteiger partial charge in [0, 0.05) is 25.7 Å². The van der Waals surface area contributed by atoms with Gasteiger partial charge in [0.25, 0.3) is 0 Å². The van der Waals surface area contributed by atoms with Crippen molar-refractivity contribution in [2.45, 2.75) is 44.8 Å². The molecule has 1 N–H and O–H groups in total. The van der Waals surface area contributed by atoms with Gasteiger partial charge < -0.3 is 10.1 Å². The molecular formula is C12H24N2O. The van der Waals surface area contributed by atoms with Crippen molar-refractivity contribution in [2.24, 2.45) is 0 Å². The zero-order chi connectivity index (χ0) is 10.7. The van der Waals surface area contributed by atoms with Crippen molar-refractivity contribution >= 4 is 0 Å². The molecule has 3 nitrogen and oxygen atoms in total. The SMILES string of the molecule is CC1(C)CN(C2CCCCNC2)CCO1. The van der Waals surface area contributed by atoms with E-state index in [9.17, 15) is 0 Å². The van der Waals surface area contributed by atoms with Gasteiger partial charge in [0.2, 0.25) is 0 Å². The number of nitrogens with one attached hydrogen (secondary N) is 1. The van der Waals surface area contributed by atoms with Crippen LogP contribution in [0.2, 0.25) is 0 Å². The van der Waals surface area contributed by atoms with Crippen LogP contribution in [0.4, 0.5) is 0 Å². The summed E-state index contributed by atoms with van der Waals surface area (Å²) in [4.78, 5) is 2.61. The second-order valence-electron chi connectivity index (χ2n) is 5.43. The highest BCUT2D eigenvalue weighted by molar-refractivity contribution is 4.85. The van der Waals surface area contributed by atoms with Gasteiger partial charge in [-0.2, -0.15) is 0 Å². The number of nitrogens with zero attached hydrogens (tertiary/aromatic N) is 1. The second kappa shape index (κ2) is 4.81. The highest BCUT2D eigenvalue weighted by atomic mass is 16.5. The Balaban J connectivity index is 1.90. The summed E-state index contributed by atoms with van der Waals surface area (Å²) < 4.78 is 5.76. The van der Waals surface area contributed by atoms with Crippen LogP contribution < -0.4 is 5.32 Å². The Morgan fingerprint density at radius 3 is 3.00 bits per heavy atom. The molecule has 0 bridgehead atoms. The molecule has 2 aliphatic rings. The Hall–Kier alpha value is -0.120. The summed E-state index contributed by atoms with van der Waals surface area (Å²) in [5, 5.41) is 3.54. The van der Waals surface area contributed by atoms with Gasteiger partial charge in [-0.15, -0.1) is 0 Å². The lowest BCUT2D eigenvalue weighted by atomic mass is 10.0. The molecule has 2 aliphatic heterocycles. The highest BCUT2D eigenvalue weighted by Gasteiger charge is 2.31. The summed E-state index contributed by atoms with van der Waals surface area (Å²) >= 11 is 0. The van der Waals surface area contributed by atoms with E-state index in [1.165, 1.54) is 25.8 Å². The third kappa shape index (κ3) is 3.16. The van der Waals surface area contributed by atoms with Crippen molar-refractivity contribution in [1.82, 2.24) is 10.2 Å². The predicted molar refractivity (Wildman–Crippen MR) is 62.1 cm³/mol. The monoisotopic (exact) mass is 212 g/mol. The van der Waals surface area contributed by atoms with E-state index in [0.29, 0.717) is 0 Å². The van der Waals surface area contributed by atoms with E-state index in [4.69, 9.17) is 4.74 Å². The topological polar surface area (TPSA) is 24.5 Å². The summed E-state index contributed by atoms with van der Waals surface area (Å²) in [7, 11) is 0. The molecule has 2 heterocycles. The van der Waals surface area contributed by atoms with Crippen LogP contribution in [0.1, 0.15) is 33.1 Å². The second-order valence-corrected chi connectivity index (χ2v) is 5.43. The molecule has 1 atom stereocenters. The van der Waals surface area contributed by atoms with Gasteiger partial charge in [0.05, 0.1) is 12.2 Å². The lowest BCUT2D eigenvalue weighted by molar-refractivity contribution is -0.0971. The molecule has 2 saturated heterocycles. The Bertz CT molecular complexity index is 198. The van der Waals surface area contributed by atoms with Crippen LogP contribution in [0.3, 0.4) is 0 Å². The number of hydrogen-bond acceptors (Lipinski definition) is 3. The minimum Gasteiger partial charge on any atom is -0.373 e. The molecule has 15 heavy (non-hydrogen) atoms. The van der Waals surface area contributed by atoms with Crippen molar-refractivity contribution in [1.29, 1.82) is 0 Å². The summed E-state index contributed by atoms with van der Waals surface area (Å²) in [5.74, 6) is 0. The molecule has 0 aromatic heterocycles. The normalized spacial score (nSPS) is 33.6. The van der Waals surface area contributed by atoms with Gasteiger partial charge in [0.1, 0.15) is 0 Å². The lowest BCUT2D eigenvalue weighted by Gasteiger charge is -2.42. The fourth-order valence-electron chi connectivity index (χ4n) is 2.68. The summed E-state index contributed by atoms with van der Waals surface area (Å²) in [6, 6.07) is 0.732. The zero-order valence-electron chi connectivity index (χ0n) is 10.1. The fourth-order valence-corrected chi connectivity index (χ4v) is 2.68. The maximum Gasteiger partial charge on any atom is 0.0753 e. The van der Waals surface area contributed by atoms with E-state index < -0.39 is 0 Å². The van der Waals surface area contributed by atoms with E-state index >= 15 is 0 Å². The Kier molecular flexibility index (Phi) is 3.65. The van der Waals surface area contributed by atoms with Crippen LogP contribution in [0.25, 0.3) is 0 Å². The number of morpholine rings is 1. The van der Waals surface area contributed by atoms with Crippen molar-refractivity contribution in [2.75, 3.05) is 32.8 Å². The van der Waals surface area contributed by atoms with Gasteiger partial charge in [-0.1, -0.05) is 6.42 Å². The fraction of sp³-hybridized carbons (Fsp3) is 1.00. The standard InChI is InChI=1S/C12H24N2O/c1-12(2)10-14(7-8-15-12)11-5-3-4-6-13-9-11/h11,13H,3-10H2,1-2H3. The Morgan fingerprint density at radius 1 is 1.33 bits per heavy atom. The highest BCUT2D eigenvalue weighted by Crippen LogP contribution is 2.21. The van der Waals surface area contributed by atoms with Crippen LogP contribution in [-0.2, 0) is 4.74 Å². The molecule has 2 rings (SSSR count). The third-order valence-electron chi connectivity index (χ3n) is 3.49. The predicted octanol–water partition coefficient (Wildman–Crippen LogP) is 1.24.